The number of halogens is 1. The minimum Gasteiger partial charge on any atom is -0.480 e. The minimum absolute atomic E-state index is 0.218. The van der Waals surface area contributed by atoms with Crippen molar-refractivity contribution >= 4 is 27.8 Å². The van der Waals surface area contributed by atoms with Crippen molar-refractivity contribution in [2.75, 3.05) is 13.1 Å². The number of rotatable bonds is 5. The number of carboxylic acid groups (broad SMARTS) is 1. The summed E-state index contributed by atoms with van der Waals surface area (Å²) in [5, 5.41) is 8.93. The molecule has 1 aromatic rings. The summed E-state index contributed by atoms with van der Waals surface area (Å²) in [6.45, 7) is 2.20. The van der Waals surface area contributed by atoms with Gasteiger partial charge >= 0.3 is 5.97 Å². The molecule has 0 unspecified atom stereocenters. The molecule has 0 bridgehead atoms. The topological polar surface area (TPSA) is 57.6 Å². The largest absolute Gasteiger partial charge is 0.480 e. The molecule has 1 aliphatic rings. The molecular weight excluding hydrogens is 310 g/mol. The monoisotopic (exact) mass is 325 g/mol. The Morgan fingerprint density at radius 3 is 2.68 bits per heavy atom. The van der Waals surface area contributed by atoms with E-state index >= 15 is 0 Å². The van der Waals surface area contributed by atoms with Gasteiger partial charge in [-0.05, 0) is 53.7 Å². The van der Waals surface area contributed by atoms with E-state index in [0.29, 0.717) is 22.5 Å². The van der Waals surface area contributed by atoms with Crippen LogP contribution < -0.4 is 0 Å². The van der Waals surface area contributed by atoms with Crippen molar-refractivity contribution < 1.29 is 14.7 Å². The molecule has 0 radical (unpaired) electrons. The second-order valence-electron chi connectivity index (χ2n) is 5.01. The molecule has 1 aliphatic carbocycles. The molecule has 0 saturated heterocycles. The Bertz CT molecular complexity index is 511. The Kier molecular flexibility index (Phi) is 4.24. The number of carbonyl (C=O) groups is 2. The van der Waals surface area contributed by atoms with E-state index in [1.165, 1.54) is 4.90 Å². The Morgan fingerprint density at radius 1 is 1.42 bits per heavy atom. The van der Waals surface area contributed by atoms with Crippen LogP contribution in [0.25, 0.3) is 0 Å². The van der Waals surface area contributed by atoms with Crippen molar-refractivity contribution in [3.8, 4) is 0 Å². The standard InChI is InChI=1S/C14H16BrNO3/c1-9-2-5-12(15)11(6-9)14(19)16(8-13(17)18)7-10-3-4-10/h2,5-6,10H,3-4,7-8H2,1H3,(H,17,18). The zero-order valence-corrected chi connectivity index (χ0v) is 12.3. The number of benzene rings is 1. The second-order valence-corrected chi connectivity index (χ2v) is 5.86. The molecule has 0 aliphatic heterocycles. The molecule has 0 spiro atoms. The van der Waals surface area contributed by atoms with E-state index in [9.17, 15) is 9.59 Å². The fourth-order valence-electron chi connectivity index (χ4n) is 1.97. The summed E-state index contributed by atoms with van der Waals surface area (Å²) in [6.07, 6.45) is 2.16. The van der Waals surface area contributed by atoms with Crippen LogP contribution in [0.15, 0.2) is 22.7 Å². The third-order valence-electron chi connectivity index (χ3n) is 3.14. The first-order chi connectivity index (χ1) is 8.97. The summed E-state index contributed by atoms with van der Waals surface area (Å²) < 4.78 is 0.703. The number of hydrogen-bond acceptors (Lipinski definition) is 2. The molecule has 0 atom stereocenters. The van der Waals surface area contributed by atoms with Crippen molar-refractivity contribution in [1.82, 2.24) is 4.90 Å². The van der Waals surface area contributed by atoms with Crippen LogP contribution in [-0.2, 0) is 4.79 Å². The van der Waals surface area contributed by atoms with Gasteiger partial charge in [-0.25, -0.2) is 0 Å². The number of carboxylic acids is 1. The molecule has 2 rings (SSSR count). The molecule has 19 heavy (non-hydrogen) atoms. The van der Waals surface area contributed by atoms with E-state index < -0.39 is 5.97 Å². The normalized spacial score (nSPS) is 14.2. The van der Waals surface area contributed by atoms with Crippen molar-refractivity contribution in [2.24, 2.45) is 5.92 Å². The van der Waals surface area contributed by atoms with Gasteiger partial charge in [-0.2, -0.15) is 0 Å². The molecule has 5 heteroatoms. The zero-order chi connectivity index (χ0) is 14.0. The number of carbonyl (C=O) groups excluding carboxylic acids is 1. The van der Waals surface area contributed by atoms with E-state index in [4.69, 9.17) is 5.11 Å². The van der Waals surface area contributed by atoms with Gasteiger partial charge in [0, 0.05) is 11.0 Å². The third kappa shape index (κ3) is 3.80. The molecule has 1 fully saturated rings. The summed E-state index contributed by atoms with van der Waals surface area (Å²) in [5.74, 6) is -0.727. The Labute approximate surface area is 120 Å². The minimum atomic E-state index is -0.974. The lowest BCUT2D eigenvalue weighted by atomic mass is 10.1. The number of hydrogen-bond donors (Lipinski definition) is 1. The average Bonchev–Trinajstić information content (AvgIpc) is 3.14. The summed E-state index contributed by atoms with van der Waals surface area (Å²) in [5.41, 5.74) is 1.51. The van der Waals surface area contributed by atoms with Gasteiger partial charge in [-0.3, -0.25) is 9.59 Å². The fraction of sp³-hybridized carbons (Fsp3) is 0.429. The summed E-state index contributed by atoms with van der Waals surface area (Å²) in [4.78, 5) is 24.8. The van der Waals surface area contributed by atoms with Crippen LogP contribution in [0.5, 0.6) is 0 Å². The average molecular weight is 326 g/mol. The molecule has 0 aromatic heterocycles. The van der Waals surface area contributed by atoms with Gasteiger partial charge < -0.3 is 10.0 Å². The van der Waals surface area contributed by atoms with Crippen LogP contribution in [0.3, 0.4) is 0 Å². The van der Waals surface area contributed by atoms with Crippen molar-refractivity contribution in [3.05, 3.63) is 33.8 Å². The van der Waals surface area contributed by atoms with E-state index in [-0.39, 0.29) is 12.5 Å². The highest BCUT2D eigenvalue weighted by Crippen LogP contribution is 2.30. The zero-order valence-electron chi connectivity index (χ0n) is 10.7. The first kappa shape index (κ1) is 14.1. The predicted octanol–water partition coefficient (Wildman–Crippen LogP) is 2.69. The van der Waals surface area contributed by atoms with Crippen LogP contribution in [0, 0.1) is 12.8 Å². The van der Waals surface area contributed by atoms with Gasteiger partial charge in [0.1, 0.15) is 6.54 Å². The predicted molar refractivity (Wildman–Crippen MR) is 75.1 cm³/mol. The van der Waals surface area contributed by atoms with Crippen molar-refractivity contribution in [2.45, 2.75) is 19.8 Å². The maximum atomic E-state index is 12.4. The lowest BCUT2D eigenvalue weighted by Gasteiger charge is -2.21. The lowest BCUT2D eigenvalue weighted by molar-refractivity contribution is -0.137. The van der Waals surface area contributed by atoms with Gasteiger partial charge in [-0.1, -0.05) is 11.6 Å². The summed E-state index contributed by atoms with van der Waals surface area (Å²) in [6, 6.07) is 5.51. The number of amides is 1. The smallest absolute Gasteiger partial charge is 0.323 e. The molecule has 1 N–H and O–H groups in total. The van der Waals surface area contributed by atoms with Crippen LogP contribution in [0.4, 0.5) is 0 Å². The van der Waals surface area contributed by atoms with E-state index in [0.717, 1.165) is 18.4 Å². The SMILES string of the molecule is Cc1ccc(Br)c(C(=O)N(CC(=O)O)CC2CC2)c1. The van der Waals surface area contributed by atoms with Crippen molar-refractivity contribution in [3.63, 3.8) is 0 Å². The Morgan fingerprint density at radius 2 is 2.11 bits per heavy atom. The lowest BCUT2D eigenvalue weighted by Crippen LogP contribution is -2.37. The maximum Gasteiger partial charge on any atom is 0.323 e. The van der Waals surface area contributed by atoms with Crippen LogP contribution in [-0.4, -0.2) is 35.0 Å². The second kappa shape index (κ2) is 5.74. The van der Waals surface area contributed by atoms with Gasteiger partial charge in [-0.15, -0.1) is 0 Å². The molecule has 4 nitrogen and oxygen atoms in total. The summed E-state index contributed by atoms with van der Waals surface area (Å²) in [7, 11) is 0. The Hall–Kier alpha value is -1.36. The van der Waals surface area contributed by atoms with Gasteiger partial charge in [0.2, 0.25) is 0 Å². The Balaban J connectivity index is 2.21. The highest BCUT2D eigenvalue weighted by molar-refractivity contribution is 9.10. The molecule has 1 amide bonds. The summed E-state index contributed by atoms with van der Waals surface area (Å²) >= 11 is 3.35. The van der Waals surface area contributed by atoms with Gasteiger partial charge in [0.25, 0.3) is 5.91 Å². The number of aliphatic carboxylic acids is 1. The maximum absolute atomic E-state index is 12.4. The van der Waals surface area contributed by atoms with E-state index in [1.807, 2.05) is 19.1 Å². The highest BCUT2D eigenvalue weighted by atomic mass is 79.9. The van der Waals surface area contributed by atoms with Crippen molar-refractivity contribution in [1.29, 1.82) is 0 Å². The number of aryl methyl sites for hydroxylation is 1. The first-order valence-corrected chi connectivity index (χ1v) is 7.04. The number of nitrogens with zero attached hydrogens (tertiary/aromatic N) is 1. The molecule has 0 heterocycles. The fourth-order valence-corrected chi connectivity index (χ4v) is 2.38. The van der Waals surface area contributed by atoms with E-state index in [1.54, 1.807) is 6.07 Å². The molecule has 1 saturated carbocycles. The first-order valence-electron chi connectivity index (χ1n) is 6.24. The van der Waals surface area contributed by atoms with Crippen LogP contribution in [0.1, 0.15) is 28.8 Å². The quantitative estimate of drug-likeness (QED) is 0.905. The molecular formula is C14H16BrNO3. The highest BCUT2D eigenvalue weighted by Gasteiger charge is 2.29. The molecule has 102 valence electrons. The van der Waals surface area contributed by atoms with Crippen LogP contribution in [0.2, 0.25) is 0 Å². The van der Waals surface area contributed by atoms with E-state index in [2.05, 4.69) is 15.9 Å². The third-order valence-corrected chi connectivity index (χ3v) is 3.83. The van der Waals surface area contributed by atoms with Gasteiger partial charge in [0.15, 0.2) is 0 Å². The molecule has 1 aromatic carbocycles. The van der Waals surface area contributed by atoms with Gasteiger partial charge in [0.05, 0.1) is 5.56 Å². The van der Waals surface area contributed by atoms with Crippen LogP contribution >= 0.6 is 15.9 Å².